The molecule has 0 amide bonds. The van der Waals surface area contributed by atoms with Crippen molar-refractivity contribution in [3.8, 4) is 0 Å². The van der Waals surface area contributed by atoms with Gasteiger partial charge in [-0.2, -0.15) is 0 Å². The largest absolute Gasteiger partial charge is 0.371 e. The van der Waals surface area contributed by atoms with E-state index in [1.807, 2.05) is 0 Å². The molecular formula is C15H17N. The molecule has 3 rings (SSSR count). The van der Waals surface area contributed by atoms with Gasteiger partial charge in [0, 0.05) is 24.2 Å². The van der Waals surface area contributed by atoms with E-state index in [2.05, 4.69) is 48.2 Å². The van der Waals surface area contributed by atoms with Gasteiger partial charge in [-0.05, 0) is 36.8 Å². The van der Waals surface area contributed by atoms with E-state index in [-0.39, 0.29) is 0 Å². The summed E-state index contributed by atoms with van der Waals surface area (Å²) in [6.07, 6.45) is 2.67. The molecule has 0 bridgehead atoms. The Morgan fingerprint density at radius 1 is 0.938 bits per heavy atom. The summed E-state index contributed by atoms with van der Waals surface area (Å²) in [5, 5.41) is 2.80. The zero-order chi connectivity index (χ0) is 11.0. The first-order valence-corrected chi connectivity index (χ1v) is 6.09. The molecule has 1 nitrogen and oxygen atoms in total. The molecule has 16 heavy (non-hydrogen) atoms. The van der Waals surface area contributed by atoms with Gasteiger partial charge in [-0.3, -0.25) is 0 Å². The van der Waals surface area contributed by atoms with E-state index in [1.54, 1.807) is 0 Å². The van der Waals surface area contributed by atoms with Crippen LogP contribution in [-0.4, -0.2) is 13.1 Å². The number of fused-ring (bicyclic) bond motifs is 1. The summed E-state index contributed by atoms with van der Waals surface area (Å²) in [7, 11) is 0. The minimum atomic E-state index is 1.22. The predicted octanol–water partition coefficient (Wildman–Crippen LogP) is 3.75. The van der Waals surface area contributed by atoms with Crippen molar-refractivity contribution in [1.29, 1.82) is 0 Å². The highest BCUT2D eigenvalue weighted by Crippen LogP contribution is 2.31. The van der Waals surface area contributed by atoms with Crippen molar-refractivity contribution in [2.24, 2.45) is 0 Å². The minimum Gasteiger partial charge on any atom is -0.371 e. The molecule has 0 aromatic heterocycles. The smallest absolute Gasteiger partial charge is 0.0448 e. The van der Waals surface area contributed by atoms with Crippen LogP contribution >= 0.6 is 0 Å². The van der Waals surface area contributed by atoms with E-state index >= 15 is 0 Å². The van der Waals surface area contributed by atoms with Crippen molar-refractivity contribution in [3.05, 3.63) is 42.0 Å². The van der Waals surface area contributed by atoms with Gasteiger partial charge in [-0.25, -0.2) is 0 Å². The van der Waals surface area contributed by atoms with Crippen molar-refractivity contribution >= 4 is 16.5 Å². The zero-order valence-corrected chi connectivity index (χ0v) is 9.74. The molecule has 1 aliphatic heterocycles. The molecule has 82 valence electrons. The Morgan fingerprint density at radius 2 is 1.62 bits per heavy atom. The first-order chi connectivity index (χ1) is 7.86. The van der Waals surface area contributed by atoms with Gasteiger partial charge < -0.3 is 4.90 Å². The molecule has 0 saturated carbocycles. The maximum atomic E-state index is 2.52. The number of hydrogen-bond acceptors (Lipinski definition) is 1. The molecular weight excluding hydrogens is 194 g/mol. The Morgan fingerprint density at radius 3 is 2.38 bits per heavy atom. The highest BCUT2D eigenvalue weighted by atomic mass is 15.1. The molecule has 0 radical (unpaired) electrons. The van der Waals surface area contributed by atoms with Gasteiger partial charge in [0.1, 0.15) is 0 Å². The van der Waals surface area contributed by atoms with E-state index in [4.69, 9.17) is 0 Å². The lowest BCUT2D eigenvalue weighted by Gasteiger charge is -2.20. The van der Waals surface area contributed by atoms with Crippen LogP contribution in [-0.2, 0) is 0 Å². The van der Waals surface area contributed by atoms with Crippen molar-refractivity contribution < 1.29 is 0 Å². The maximum absolute atomic E-state index is 2.52. The highest BCUT2D eigenvalue weighted by Gasteiger charge is 2.15. The number of anilines is 1. The fourth-order valence-corrected chi connectivity index (χ4v) is 2.73. The topological polar surface area (TPSA) is 3.24 Å². The van der Waals surface area contributed by atoms with Crippen molar-refractivity contribution in [2.75, 3.05) is 18.0 Å². The molecule has 1 saturated heterocycles. The highest BCUT2D eigenvalue weighted by molar-refractivity contribution is 5.96. The Balaban J connectivity index is 2.23. The first kappa shape index (κ1) is 9.71. The lowest BCUT2D eigenvalue weighted by atomic mass is 10.0. The molecule has 0 spiro atoms. The lowest BCUT2D eigenvalue weighted by molar-refractivity contribution is 0.949. The number of hydrogen-bond donors (Lipinski definition) is 0. The third kappa shape index (κ3) is 1.47. The molecule has 0 atom stereocenters. The van der Waals surface area contributed by atoms with Crippen LogP contribution in [0.2, 0.25) is 0 Å². The van der Waals surface area contributed by atoms with Crippen LogP contribution in [0.25, 0.3) is 10.8 Å². The molecule has 0 unspecified atom stereocenters. The summed E-state index contributed by atoms with van der Waals surface area (Å²) >= 11 is 0. The van der Waals surface area contributed by atoms with Gasteiger partial charge in [0.05, 0.1) is 0 Å². The zero-order valence-electron chi connectivity index (χ0n) is 9.74. The van der Waals surface area contributed by atoms with Gasteiger partial charge in [0.2, 0.25) is 0 Å². The van der Waals surface area contributed by atoms with Gasteiger partial charge in [-0.15, -0.1) is 0 Å². The third-order valence-electron chi connectivity index (χ3n) is 3.54. The van der Waals surface area contributed by atoms with Crippen molar-refractivity contribution in [3.63, 3.8) is 0 Å². The van der Waals surface area contributed by atoms with Crippen LogP contribution in [0.3, 0.4) is 0 Å². The number of benzene rings is 2. The van der Waals surface area contributed by atoms with Crippen LogP contribution in [0.1, 0.15) is 18.4 Å². The summed E-state index contributed by atoms with van der Waals surface area (Å²) in [5.74, 6) is 0. The van der Waals surface area contributed by atoms with Crippen LogP contribution in [0.15, 0.2) is 36.4 Å². The van der Waals surface area contributed by atoms with Crippen LogP contribution < -0.4 is 4.90 Å². The molecule has 2 aromatic carbocycles. The normalized spacial score (nSPS) is 15.9. The Kier molecular flexibility index (Phi) is 2.32. The summed E-state index contributed by atoms with van der Waals surface area (Å²) < 4.78 is 0. The molecule has 2 aromatic rings. The van der Waals surface area contributed by atoms with Gasteiger partial charge in [0.25, 0.3) is 0 Å². The second kappa shape index (κ2) is 3.82. The van der Waals surface area contributed by atoms with E-state index in [0.29, 0.717) is 0 Å². The van der Waals surface area contributed by atoms with Crippen molar-refractivity contribution in [1.82, 2.24) is 0 Å². The van der Waals surface area contributed by atoms with E-state index in [0.717, 1.165) is 0 Å². The van der Waals surface area contributed by atoms with Crippen LogP contribution in [0.5, 0.6) is 0 Å². The number of aryl methyl sites for hydroxylation is 1. The fraction of sp³-hybridized carbons (Fsp3) is 0.333. The SMILES string of the molecule is Cc1cccc2cccc(N3CCCC3)c12. The predicted molar refractivity (Wildman–Crippen MR) is 70.1 cm³/mol. The quantitative estimate of drug-likeness (QED) is 0.694. The summed E-state index contributed by atoms with van der Waals surface area (Å²) in [6, 6.07) is 13.2. The van der Waals surface area contributed by atoms with E-state index in [1.165, 1.54) is 48.0 Å². The standard InChI is InChI=1S/C15H17N/c1-12-6-4-7-13-8-5-9-14(15(12)13)16-10-2-3-11-16/h4-9H,2-3,10-11H2,1H3. The van der Waals surface area contributed by atoms with Gasteiger partial charge in [0.15, 0.2) is 0 Å². The van der Waals surface area contributed by atoms with Crippen LogP contribution in [0, 0.1) is 6.92 Å². The second-order valence-corrected chi connectivity index (χ2v) is 4.64. The Labute approximate surface area is 96.7 Å². The maximum Gasteiger partial charge on any atom is 0.0448 e. The van der Waals surface area contributed by atoms with Crippen molar-refractivity contribution in [2.45, 2.75) is 19.8 Å². The Bertz CT molecular complexity index is 505. The Hall–Kier alpha value is -1.50. The summed E-state index contributed by atoms with van der Waals surface area (Å²) in [4.78, 5) is 2.52. The number of nitrogens with zero attached hydrogens (tertiary/aromatic N) is 1. The molecule has 0 N–H and O–H groups in total. The fourth-order valence-electron chi connectivity index (χ4n) is 2.73. The third-order valence-corrected chi connectivity index (χ3v) is 3.54. The minimum absolute atomic E-state index is 1.22. The van der Waals surface area contributed by atoms with Gasteiger partial charge in [-0.1, -0.05) is 30.3 Å². The second-order valence-electron chi connectivity index (χ2n) is 4.64. The molecule has 1 heteroatoms. The number of rotatable bonds is 1. The summed E-state index contributed by atoms with van der Waals surface area (Å²) in [6.45, 7) is 4.64. The molecule has 1 fully saturated rings. The molecule has 1 heterocycles. The van der Waals surface area contributed by atoms with E-state index in [9.17, 15) is 0 Å². The summed E-state index contributed by atoms with van der Waals surface area (Å²) in [5.41, 5.74) is 2.81. The average Bonchev–Trinajstić information content (AvgIpc) is 2.82. The average molecular weight is 211 g/mol. The monoisotopic (exact) mass is 211 g/mol. The molecule has 0 aliphatic carbocycles. The lowest BCUT2D eigenvalue weighted by Crippen LogP contribution is -2.17. The molecule has 1 aliphatic rings. The van der Waals surface area contributed by atoms with Gasteiger partial charge >= 0.3 is 0 Å². The van der Waals surface area contributed by atoms with Crippen LogP contribution in [0.4, 0.5) is 5.69 Å². The van der Waals surface area contributed by atoms with E-state index < -0.39 is 0 Å². The first-order valence-electron chi connectivity index (χ1n) is 6.09.